The number of rotatable bonds is 2. The molecule has 0 radical (unpaired) electrons. The molecule has 4 nitrogen and oxygen atoms in total. The van der Waals surface area contributed by atoms with Gasteiger partial charge in [0.25, 0.3) is 0 Å². The van der Waals surface area contributed by atoms with E-state index in [2.05, 4.69) is 31.3 Å². The minimum atomic E-state index is 0.642. The molecule has 1 aliphatic rings. The summed E-state index contributed by atoms with van der Waals surface area (Å²) in [6, 6.07) is 5.68. The maximum Gasteiger partial charge on any atom is 0.161 e. The summed E-state index contributed by atoms with van der Waals surface area (Å²) in [6.45, 7) is 0. The summed E-state index contributed by atoms with van der Waals surface area (Å²) in [5.41, 5.74) is 5.77. The van der Waals surface area contributed by atoms with Crippen LogP contribution < -0.4 is 11.3 Å². The molecule has 0 bridgehead atoms. The maximum atomic E-state index is 6.11. The summed E-state index contributed by atoms with van der Waals surface area (Å²) in [5.74, 6) is 6.92. The minimum absolute atomic E-state index is 0.642. The van der Waals surface area contributed by atoms with Gasteiger partial charge in [0.1, 0.15) is 5.82 Å². The van der Waals surface area contributed by atoms with Gasteiger partial charge in [-0.15, -0.1) is 0 Å². The van der Waals surface area contributed by atoms with E-state index in [-0.39, 0.29) is 0 Å². The van der Waals surface area contributed by atoms with Crippen molar-refractivity contribution < 1.29 is 0 Å². The molecule has 0 aliphatic heterocycles. The number of halogens is 2. The molecular weight excluding hydrogens is 328 g/mol. The lowest BCUT2D eigenvalue weighted by molar-refractivity contribution is 0.900. The first-order valence-corrected chi connectivity index (χ1v) is 7.18. The van der Waals surface area contributed by atoms with Gasteiger partial charge >= 0.3 is 0 Å². The highest BCUT2D eigenvalue weighted by atomic mass is 79.9. The van der Waals surface area contributed by atoms with Crippen LogP contribution in [0, 0.1) is 0 Å². The number of hydrazine groups is 1. The normalized spacial score (nSPS) is 13.4. The number of hydrogen-bond donors (Lipinski definition) is 2. The largest absolute Gasteiger partial charge is 0.308 e. The van der Waals surface area contributed by atoms with Gasteiger partial charge in [-0.25, -0.2) is 15.8 Å². The summed E-state index contributed by atoms with van der Waals surface area (Å²) < 4.78 is 0.858. The minimum Gasteiger partial charge on any atom is -0.308 e. The molecule has 1 aromatic heterocycles. The molecule has 0 fully saturated rings. The molecule has 3 rings (SSSR count). The fourth-order valence-corrected chi connectivity index (χ4v) is 2.74. The van der Waals surface area contributed by atoms with Crippen LogP contribution in [0.3, 0.4) is 0 Å². The topological polar surface area (TPSA) is 63.8 Å². The number of hydrogen-bond acceptors (Lipinski definition) is 4. The van der Waals surface area contributed by atoms with Crippen LogP contribution in [-0.4, -0.2) is 9.97 Å². The van der Waals surface area contributed by atoms with Crippen LogP contribution >= 0.6 is 27.5 Å². The predicted octanol–water partition coefficient (Wildman–Crippen LogP) is 3.33. The van der Waals surface area contributed by atoms with Gasteiger partial charge in [-0.1, -0.05) is 11.6 Å². The molecular formula is C13H12BrClN4. The lowest BCUT2D eigenvalue weighted by Crippen LogP contribution is -2.12. The second-order valence-electron chi connectivity index (χ2n) is 4.45. The van der Waals surface area contributed by atoms with Gasteiger partial charge in [0, 0.05) is 21.3 Å². The number of aromatic nitrogens is 2. The van der Waals surface area contributed by atoms with E-state index >= 15 is 0 Å². The lowest BCUT2D eigenvalue weighted by Gasteiger charge is -2.09. The molecule has 2 aromatic rings. The van der Waals surface area contributed by atoms with Crippen molar-refractivity contribution in [3.8, 4) is 11.4 Å². The number of nitrogens with zero attached hydrogens (tertiary/aromatic N) is 2. The van der Waals surface area contributed by atoms with Crippen molar-refractivity contribution in [2.24, 2.45) is 5.84 Å². The zero-order valence-electron chi connectivity index (χ0n) is 10.1. The van der Waals surface area contributed by atoms with Crippen molar-refractivity contribution in [1.82, 2.24) is 9.97 Å². The zero-order chi connectivity index (χ0) is 13.4. The number of fused-ring (bicyclic) bond motifs is 1. The first kappa shape index (κ1) is 12.8. The van der Waals surface area contributed by atoms with Crippen molar-refractivity contribution in [3.63, 3.8) is 0 Å². The van der Waals surface area contributed by atoms with Gasteiger partial charge in [-0.3, -0.25) is 0 Å². The van der Waals surface area contributed by atoms with Gasteiger partial charge in [0.15, 0.2) is 5.82 Å². The van der Waals surface area contributed by atoms with Crippen molar-refractivity contribution >= 4 is 33.3 Å². The Bertz CT molecular complexity index is 645. The van der Waals surface area contributed by atoms with Crippen LogP contribution in [0.2, 0.25) is 5.02 Å². The summed E-state index contributed by atoms with van der Waals surface area (Å²) >= 11 is 9.49. The molecule has 6 heteroatoms. The molecule has 1 aromatic carbocycles. The van der Waals surface area contributed by atoms with Gasteiger partial charge in [-0.2, -0.15) is 0 Å². The first-order chi connectivity index (χ1) is 9.19. The van der Waals surface area contributed by atoms with Crippen LogP contribution in [0.4, 0.5) is 5.82 Å². The zero-order valence-corrected chi connectivity index (χ0v) is 12.4. The average Bonchev–Trinajstić information content (AvgIpc) is 2.89. The van der Waals surface area contributed by atoms with Gasteiger partial charge in [0.2, 0.25) is 0 Å². The highest BCUT2D eigenvalue weighted by Gasteiger charge is 2.19. The van der Waals surface area contributed by atoms with E-state index in [0.29, 0.717) is 10.8 Å². The number of nitrogens with one attached hydrogen (secondary N) is 1. The Labute approximate surface area is 124 Å². The van der Waals surface area contributed by atoms with Gasteiger partial charge in [0.05, 0.1) is 5.02 Å². The van der Waals surface area contributed by atoms with Crippen molar-refractivity contribution in [2.75, 3.05) is 5.43 Å². The summed E-state index contributed by atoms with van der Waals surface area (Å²) in [5, 5.41) is 0.642. The Balaban J connectivity index is 2.12. The van der Waals surface area contributed by atoms with E-state index in [4.69, 9.17) is 17.4 Å². The monoisotopic (exact) mass is 338 g/mol. The Hall–Kier alpha value is -1.17. The predicted molar refractivity (Wildman–Crippen MR) is 80.0 cm³/mol. The molecule has 0 spiro atoms. The van der Waals surface area contributed by atoms with Gasteiger partial charge < -0.3 is 5.43 Å². The molecule has 0 saturated carbocycles. The smallest absolute Gasteiger partial charge is 0.161 e. The SMILES string of the molecule is NNc1nc(-c2ccc(Br)c(Cl)c2)nc2c1CCC2. The molecule has 0 unspecified atom stereocenters. The van der Waals surface area contributed by atoms with Crippen LogP contribution in [0.5, 0.6) is 0 Å². The third-order valence-electron chi connectivity index (χ3n) is 3.25. The van der Waals surface area contributed by atoms with Gasteiger partial charge in [-0.05, 0) is 53.4 Å². The Morgan fingerprint density at radius 3 is 2.84 bits per heavy atom. The Morgan fingerprint density at radius 1 is 1.26 bits per heavy atom. The van der Waals surface area contributed by atoms with Crippen LogP contribution in [0.25, 0.3) is 11.4 Å². The van der Waals surface area contributed by atoms with Crippen LogP contribution in [0.15, 0.2) is 22.7 Å². The fraction of sp³-hybridized carbons (Fsp3) is 0.231. The third kappa shape index (κ3) is 2.33. The Morgan fingerprint density at radius 2 is 2.11 bits per heavy atom. The van der Waals surface area contributed by atoms with E-state index in [9.17, 15) is 0 Å². The molecule has 19 heavy (non-hydrogen) atoms. The number of anilines is 1. The van der Waals surface area contributed by atoms with E-state index in [0.717, 1.165) is 46.4 Å². The van der Waals surface area contributed by atoms with E-state index in [1.165, 1.54) is 0 Å². The van der Waals surface area contributed by atoms with E-state index < -0.39 is 0 Å². The number of aryl methyl sites for hydroxylation is 1. The second-order valence-corrected chi connectivity index (χ2v) is 5.71. The molecule has 3 N–H and O–H groups in total. The Kier molecular flexibility index (Phi) is 3.43. The fourth-order valence-electron chi connectivity index (χ4n) is 2.32. The summed E-state index contributed by atoms with van der Waals surface area (Å²) in [7, 11) is 0. The van der Waals surface area contributed by atoms with Crippen molar-refractivity contribution in [1.29, 1.82) is 0 Å². The van der Waals surface area contributed by atoms with Crippen LogP contribution in [0.1, 0.15) is 17.7 Å². The number of nitrogens with two attached hydrogens (primary N) is 1. The molecule has 0 saturated heterocycles. The lowest BCUT2D eigenvalue weighted by atomic mass is 10.2. The highest BCUT2D eigenvalue weighted by molar-refractivity contribution is 9.10. The average molecular weight is 340 g/mol. The third-order valence-corrected chi connectivity index (χ3v) is 4.48. The van der Waals surface area contributed by atoms with E-state index in [1.54, 1.807) is 0 Å². The van der Waals surface area contributed by atoms with Crippen LogP contribution in [-0.2, 0) is 12.8 Å². The highest BCUT2D eigenvalue weighted by Crippen LogP contribution is 2.31. The van der Waals surface area contributed by atoms with E-state index in [1.807, 2.05) is 18.2 Å². The maximum absolute atomic E-state index is 6.11. The molecule has 0 amide bonds. The molecule has 1 aliphatic carbocycles. The standard InChI is InChI=1S/C13H12BrClN4/c14-9-5-4-7(6-10(9)15)12-17-11-3-1-2-8(11)13(18-12)19-16/h4-6H,1-3,16H2,(H,17,18,19). The van der Waals surface area contributed by atoms with Crippen molar-refractivity contribution in [3.05, 3.63) is 39.0 Å². The number of nitrogen functional groups attached to an aromatic ring is 1. The number of benzene rings is 1. The summed E-state index contributed by atoms with van der Waals surface area (Å²) in [6.07, 6.45) is 3.06. The second kappa shape index (κ2) is 5.07. The molecule has 98 valence electrons. The molecule has 0 atom stereocenters. The first-order valence-electron chi connectivity index (χ1n) is 6.01. The molecule has 1 heterocycles. The quantitative estimate of drug-likeness (QED) is 0.650. The van der Waals surface area contributed by atoms with Crippen molar-refractivity contribution in [2.45, 2.75) is 19.3 Å². The summed E-state index contributed by atoms with van der Waals surface area (Å²) in [4.78, 5) is 9.11.